The Hall–Kier alpha value is -2.99. The Morgan fingerprint density at radius 1 is 1.12 bits per heavy atom. The number of hydrogen-bond donors (Lipinski definition) is 3. The van der Waals surface area contributed by atoms with Crippen molar-refractivity contribution in [1.82, 2.24) is 9.78 Å². The summed E-state index contributed by atoms with van der Waals surface area (Å²) < 4.78 is 7.24. The van der Waals surface area contributed by atoms with Crippen molar-refractivity contribution in [2.75, 3.05) is 17.2 Å². The van der Waals surface area contributed by atoms with Gasteiger partial charge in [0, 0.05) is 18.0 Å². The van der Waals surface area contributed by atoms with Crippen LogP contribution >= 0.6 is 0 Å². The molecule has 1 heterocycles. The van der Waals surface area contributed by atoms with E-state index in [1.54, 1.807) is 0 Å². The Kier molecular flexibility index (Phi) is 5.20. The molecule has 0 fully saturated rings. The lowest BCUT2D eigenvalue weighted by molar-refractivity contribution is 0.127. The number of H-pyrrole nitrogens is 1. The van der Waals surface area contributed by atoms with Crippen molar-refractivity contribution in [3.8, 4) is 5.69 Å². The van der Waals surface area contributed by atoms with Gasteiger partial charge < -0.3 is 15.4 Å². The van der Waals surface area contributed by atoms with E-state index in [0.717, 1.165) is 28.3 Å². The second-order valence-electron chi connectivity index (χ2n) is 5.71. The number of benzene rings is 2. The first-order valence-electron chi connectivity index (χ1n) is 8.23. The smallest absolute Gasteiger partial charge is 0.323 e. The lowest BCUT2D eigenvalue weighted by atomic mass is 10.2. The van der Waals surface area contributed by atoms with Gasteiger partial charge in [-0.05, 0) is 49.7 Å². The molecule has 0 saturated carbocycles. The highest BCUT2D eigenvalue weighted by atomic mass is 16.5. The zero-order valence-electron chi connectivity index (χ0n) is 14.4. The van der Waals surface area contributed by atoms with Gasteiger partial charge >= 0.3 is 6.03 Å². The van der Waals surface area contributed by atoms with Gasteiger partial charge in [-0.15, -0.1) is 0 Å². The molecular formula is C19H22N4O2. The number of anilines is 2. The number of aromatic nitrogens is 2. The van der Waals surface area contributed by atoms with Gasteiger partial charge in [-0.3, -0.25) is 9.78 Å². The van der Waals surface area contributed by atoms with Gasteiger partial charge in [0.2, 0.25) is 0 Å². The summed E-state index contributed by atoms with van der Waals surface area (Å²) in [6.07, 6.45) is 1.99. The van der Waals surface area contributed by atoms with E-state index < -0.39 is 0 Å². The van der Waals surface area contributed by atoms with Gasteiger partial charge in [-0.25, -0.2) is 4.79 Å². The van der Waals surface area contributed by atoms with E-state index in [4.69, 9.17) is 4.74 Å². The number of aryl methyl sites for hydroxylation is 1. The van der Waals surface area contributed by atoms with Crippen molar-refractivity contribution in [3.63, 3.8) is 0 Å². The van der Waals surface area contributed by atoms with E-state index in [0.29, 0.717) is 13.2 Å². The molecule has 3 aromatic rings. The molecule has 3 rings (SSSR count). The second kappa shape index (κ2) is 7.72. The summed E-state index contributed by atoms with van der Waals surface area (Å²) in [5.41, 5.74) is 4.58. The topological polar surface area (TPSA) is 71.1 Å². The highest BCUT2D eigenvalue weighted by Crippen LogP contribution is 2.16. The number of aromatic amines is 1. The standard InChI is InChI=1S/C19H22N4O2/c1-3-25-13-16-12-23(22-16)17-10-8-15(9-11-17)20-19(24)21-18-7-5-4-6-14(18)2/h4-12,22H,3,13H2,1-2H3,(H2,20,21,24). The van der Waals surface area contributed by atoms with Crippen molar-refractivity contribution in [3.05, 3.63) is 66.0 Å². The average molecular weight is 338 g/mol. The van der Waals surface area contributed by atoms with Crippen molar-refractivity contribution in [1.29, 1.82) is 0 Å². The molecule has 2 amide bonds. The van der Waals surface area contributed by atoms with Gasteiger partial charge in [-0.1, -0.05) is 18.2 Å². The Morgan fingerprint density at radius 2 is 1.84 bits per heavy atom. The molecule has 130 valence electrons. The molecule has 0 spiro atoms. The first-order valence-corrected chi connectivity index (χ1v) is 8.23. The van der Waals surface area contributed by atoms with Crippen LogP contribution in [0.2, 0.25) is 0 Å². The van der Waals surface area contributed by atoms with Gasteiger partial charge in [-0.2, -0.15) is 0 Å². The molecule has 0 unspecified atom stereocenters. The fraction of sp³-hybridized carbons (Fsp3) is 0.211. The summed E-state index contributed by atoms with van der Waals surface area (Å²) in [4.78, 5) is 12.1. The monoisotopic (exact) mass is 338 g/mol. The highest BCUT2D eigenvalue weighted by Gasteiger charge is 2.06. The summed E-state index contributed by atoms with van der Waals surface area (Å²) in [6, 6.07) is 15.0. The minimum Gasteiger partial charge on any atom is -0.375 e. The second-order valence-corrected chi connectivity index (χ2v) is 5.71. The molecular weight excluding hydrogens is 316 g/mol. The first kappa shape index (κ1) is 16.9. The predicted octanol–water partition coefficient (Wildman–Crippen LogP) is 4.29. The lowest BCUT2D eigenvalue weighted by Crippen LogP contribution is -2.20. The van der Waals surface area contributed by atoms with Crippen LogP contribution in [0, 0.1) is 6.92 Å². The summed E-state index contributed by atoms with van der Waals surface area (Å²) in [6.45, 7) is 5.21. The minimum atomic E-state index is -0.261. The first-order chi connectivity index (χ1) is 12.2. The van der Waals surface area contributed by atoms with Crippen LogP contribution in [0.25, 0.3) is 5.69 Å². The third-order valence-corrected chi connectivity index (χ3v) is 3.81. The number of urea groups is 1. The number of carbonyl (C=O) groups is 1. The number of ether oxygens (including phenoxy) is 1. The molecule has 0 aliphatic carbocycles. The highest BCUT2D eigenvalue weighted by molar-refractivity contribution is 6.00. The number of amides is 2. The third-order valence-electron chi connectivity index (χ3n) is 3.81. The van der Waals surface area contributed by atoms with E-state index in [9.17, 15) is 4.79 Å². The number of nitrogens with zero attached hydrogens (tertiary/aromatic N) is 1. The molecule has 0 aliphatic heterocycles. The molecule has 0 atom stereocenters. The maximum Gasteiger partial charge on any atom is 0.323 e. The van der Waals surface area contributed by atoms with Crippen molar-refractivity contribution >= 4 is 17.4 Å². The van der Waals surface area contributed by atoms with E-state index in [-0.39, 0.29) is 6.03 Å². The zero-order valence-corrected chi connectivity index (χ0v) is 14.4. The molecule has 6 nitrogen and oxygen atoms in total. The van der Waals surface area contributed by atoms with E-state index in [1.165, 1.54) is 0 Å². The van der Waals surface area contributed by atoms with Crippen LogP contribution in [-0.4, -0.2) is 22.4 Å². The largest absolute Gasteiger partial charge is 0.375 e. The molecule has 0 radical (unpaired) electrons. The van der Waals surface area contributed by atoms with Crippen LogP contribution in [0.4, 0.5) is 16.2 Å². The summed E-state index contributed by atoms with van der Waals surface area (Å²) in [7, 11) is 0. The number of para-hydroxylation sites is 1. The van der Waals surface area contributed by atoms with Crippen molar-refractivity contribution in [2.24, 2.45) is 0 Å². The van der Waals surface area contributed by atoms with Gasteiger partial charge in [0.1, 0.15) is 0 Å². The zero-order chi connectivity index (χ0) is 17.6. The predicted molar refractivity (Wildman–Crippen MR) is 99.3 cm³/mol. The third kappa shape index (κ3) is 4.30. The van der Waals surface area contributed by atoms with Gasteiger partial charge in [0.05, 0.1) is 24.2 Å². The fourth-order valence-corrected chi connectivity index (χ4v) is 2.43. The van der Waals surface area contributed by atoms with Gasteiger partial charge in [0.15, 0.2) is 0 Å². The Labute approximate surface area is 146 Å². The quantitative estimate of drug-likeness (QED) is 0.627. The normalized spacial score (nSPS) is 10.6. The lowest BCUT2D eigenvalue weighted by Gasteiger charge is -2.16. The minimum absolute atomic E-state index is 0.261. The molecule has 6 heteroatoms. The van der Waals surface area contributed by atoms with E-state index in [1.807, 2.05) is 73.3 Å². The summed E-state index contributed by atoms with van der Waals surface area (Å²) >= 11 is 0. The average Bonchev–Trinajstić information content (AvgIpc) is 2.57. The SMILES string of the molecule is CCOCc1cn(-c2ccc(NC(=O)Nc3ccccc3C)cc2)[nH]1. The Balaban J connectivity index is 1.57. The van der Waals surface area contributed by atoms with Crippen LogP contribution in [0.3, 0.4) is 0 Å². The maximum atomic E-state index is 12.1. The number of hydrogen-bond acceptors (Lipinski definition) is 2. The molecule has 1 aromatic heterocycles. The van der Waals surface area contributed by atoms with Crippen LogP contribution in [0.5, 0.6) is 0 Å². The summed E-state index contributed by atoms with van der Waals surface area (Å²) in [5.74, 6) is 0. The van der Waals surface area contributed by atoms with E-state index in [2.05, 4.69) is 15.7 Å². The van der Waals surface area contributed by atoms with Crippen LogP contribution in [0.15, 0.2) is 54.7 Å². The van der Waals surface area contributed by atoms with Gasteiger partial charge in [0.25, 0.3) is 0 Å². The number of carbonyl (C=O) groups excluding carboxylic acids is 1. The molecule has 25 heavy (non-hydrogen) atoms. The van der Waals surface area contributed by atoms with E-state index >= 15 is 0 Å². The fourth-order valence-electron chi connectivity index (χ4n) is 2.43. The van der Waals surface area contributed by atoms with Crippen molar-refractivity contribution < 1.29 is 9.53 Å². The van der Waals surface area contributed by atoms with Crippen LogP contribution < -0.4 is 10.6 Å². The van der Waals surface area contributed by atoms with Crippen LogP contribution in [0.1, 0.15) is 18.2 Å². The van der Waals surface area contributed by atoms with Crippen molar-refractivity contribution in [2.45, 2.75) is 20.5 Å². The Bertz CT molecular complexity index is 821. The summed E-state index contributed by atoms with van der Waals surface area (Å²) in [5, 5.41) is 8.88. The molecule has 0 bridgehead atoms. The number of rotatable bonds is 6. The molecule has 2 aromatic carbocycles. The van der Waals surface area contributed by atoms with Crippen LogP contribution in [-0.2, 0) is 11.3 Å². The molecule has 3 N–H and O–H groups in total. The number of nitrogens with one attached hydrogen (secondary N) is 3. The maximum absolute atomic E-state index is 12.1. The molecule has 0 aliphatic rings. The Morgan fingerprint density at radius 3 is 2.52 bits per heavy atom. The molecule has 0 saturated heterocycles.